The Labute approximate surface area is 252 Å². The molecule has 10 nitrogen and oxygen atoms in total. The number of nitrogens with one attached hydrogen (secondary N) is 1. The van der Waals surface area contributed by atoms with E-state index in [0.717, 1.165) is 73.8 Å². The Kier molecular flexibility index (Phi) is 7.55. The van der Waals surface area contributed by atoms with E-state index in [1.807, 2.05) is 29.0 Å². The van der Waals surface area contributed by atoms with Gasteiger partial charge in [-0.05, 0) is 93.2 Å². The summed E-state index contributed by atoms with van der Waals surface area (Å²) in [7, 11) is 2.01. The number of carbonyl (C=O) groups excluding carboxylic acids is 1. The zero-order valence-electron chi connectivity index (χ0n) is 24.9. The standard InChI is InChI=1S/C31H39N9O.ClH/c1-19-6-5-9-39(15-19)16-22-10-25(28-36-35-21(3)40(28)17-22)29(41)34-27-12-24(11-26(33-27)23-7-8-23)31(13-20(2)14-31)30-37-32-18-38(30)4;/h10-12,17-20,23H,5-9,13-16H2,1-4H3,(H,33,34,41);1H/t19-,20?,31?;/m0./s1. The summed E-state index contributed by atoms with van der Waals surface area (Å²) in [6.45, 7) is 9.48. The lowest BCUT2D eigenvalue weighted by atomic mass is 9.58. The molecular weight excluding hydrogens is 550 g/mol. The SMILES string of the molecule is Cc1nnc2c(C(=O)Nc3cc(C4(c5nncn5C)CC(C)C4)cc(C4CC4)n3)cc(CN3CCC[C@H](C)C3)cn12.Cl. The normalized spacial score (nSPS) is 24.3. The molecule has 1 atom stereocenters. The first-order chi connectivity index (χ1) is 19.8. The van der Waals surface area contributed by atoms with Crippen molar-refractivity contribution >= 4 is 29.8 Å². The second-order valence-electron chi connectivity index (χ2n) is 12.9. The number of aryl methyl sites for hydroxylation is 2. The van der Waals surface area contributed by atoms with Crippen molar-refractivity contribution in [2.75, 3.05) is 18.4 Å². The van der Waals surface area contributed by atoms with Crippen LogP contribution in [0.25, 0.3) is 5.65 Å². The summed E-state index contributed by atoms with van der Waals surface area (Å²) >= 11 is 0. The summed E-state index contributed by atoms with van der Waals surface area (Å²) in [4.78, 5) is 21.4. The second kappa shape index (κ2) is 11.0. The van der Waals surface area contributed by atoms with Crippen molar-refractivity contribution in [1.82, 2.24) is 39.2 Å². The molecule has 1 saturated heterocycles. The fraction of sp³-hybridized carbons (Fsp3) is 0.548. The van der Waals surface area contributed by atoms with Crippen LogP contribution in [0.4, 0.5) is 5.82 Å². The molecule has 222 valence electrons. The minimum atomic E-state index is -0.223. The van der Waals surface area contributed by atoms with Crippen LogP contribution in [0, 0.1) is 18.8 Å². The van der Waals surface area contributed by atoms with Gasteiger partial charge in [0.1, 0.15) is 23.8 Å². The van der Waals surface area contributed by atoms with E-state index in [4.69, 9.17) is 4.98 Å². The Morgan fingerprint density at radius 3 is 2.57 bits per heavy atom. The Morgan fingerprint density at radius 2 is 1.88 bits per heavy atom. The molecule has 2 saturated carbocycles. The number of halogens is 1. The van der Waals surface area contributed by atoms with Crippen LogP contribution in [0.15, 0.2) is 30.7 Å². The molecular formula is C31H40ClN9O. The maximum absolute atomic E-state index is 13.9. The number of fused-ring (bicyclic) bond motifs is 1. The zero-order valence-corrected chi connectivity index (χ0v) is 25.7. The van der Waals surface area contributed by atoms with Crippen molar-refractivity contribution in [2.24, 2.45) is 18.9 Å². The van der Waals surface area contributed by atoms with Crippen LogP contribution in [-0.2, 0) is 19.0 Å². The van der Waals surface area contributed by atoms with E-state index in [0.29, 0.717) is 34.8 Å². The second-order valence-corrected chi connectivity index (χ2v) is 12.9. The lowest BCUT2D eigenvalue weighted by Crippen LogP contribution is -2.43. The van der Waals surface area contributed by atoms with Gasteiger partial charge in [0.25, 0.3) is 5.91 Å². The Balaban J connectivity index is 0.00000316. The van der Waals surface area contributed by atoms with Gasteiger partial charge in [0.2, 0.25) is 0 Å². The quantitative estimate of drug-likeness (QED) is 0.321. The molecule has 0 unspecified atom stereocenters. The molecule has 3 fully saturated rings. The van der Waals surface area contributed by atoms with Gasteiger partial charge in [0.15, 0.2) is 5.65 Å². The molecule has 7 rings (SSSR count). The predicted octanol–water partition coefficient (Wildman–Crippen LogP) is 5.06. The van der Waals surface area contributed by atoms with Gasteiger partial charge in [-0.3, -0.25) is 14.1 Å². The Hall–Kier alpha value is -3.37. The topological polar surface area (TPSA) is 106 Å². The summed E-state index contributed by atoms with van der Waals surface area (Å²) < 4.78 is 3.97. The highest BCUT2D eigenvalue weighted by molar-refractivity contribution is 6.08. The largest absolute Gasteiger partial charge is 0.320 e. The minimum Gasteiger partial charge on any atom is -0.320 e. The molecule has 42 heavy (non-hydrogen) atoms. The van der Waals surface area contributed by atoms with Gasteiger partial charge in [-0.1, -0.05) is 13.8 Å². The van der Waals surface area contributed by atoms with Crippen LogP contribution >= 0.6 is 12.4 Å². The van der Waals surface area contributed by atoms with Gasteiger partial charge in [-0.2, -0.15) is 0 Å². The van der Waals surface area contributed by atoms with Gasteiger partial charge in [-0.15, -0.1) is 32.8 Å². The number of hydrogen-bond donors (Lipinski definition) is 1. The molecule has 3 aliphatic rings. The fourth-order valence-corrected chi connectivity index (χ4v) is 7.16. The van der Waals surface area contributed by atoms with Crippen LogP contribution in [0.1, 0.15) is 97.1 Å². The predicted molar refractivity (Wildman–Crippen MR) is 163 cm³/mol. The van der Waals surface area contributed by atoms with Crippen molar-refractivity contribution in [2.45, 2.75) is 77.2 Å². The maximum atomic E-state index is 13.9. The maximum Gasteiger partial charge on any atom is 0.260 e. The van der Waals surface area contributed by atoms with Crippen molar-refractivity contribution in [1.29, 1.82) is 0 Å². The third-order valence-electron chi connectivity index (χ3n) is 9.29. The van der Waals surface area contributed by atoms with Crippen LogP contribution in [-0.4, -0.2) is 58.2 Å². The van der Waals surface area contributed by atoms with E-state index in [2.05, 4.69) is 62.8 Å². The first kappa shape index (κ1) is 28.7. The van der Waals surface area contributed by atoms with E-state index < -0.39 is 0 Å². The molecule has 1 N–H and O–H groups in total. The number of amides is 1. The minimum absolute atomic E-state index is 0. The summed E-state index contributed by atoms with van der Waals surface area (Å²) in [5.74, 6) is 3.84. The van der Waals surface area contributed by atoms with Gasteiger partial charge in [0, 0.05) is 37.9 Å². The summed E-state index contributed by atoms with van der Waals surface area (Å²) in [6.07, 6.45) is 10.6. The molecule has 4 aromatic heterocycles. The highest BCUT2D eigenvalue weighted by Crippen LogP contribution is 2.52. The number of aromatic nitrogens is 7. The number of hydrogen-bond acceptors (Lipinski definition) is 7. The van der Waals surface area contributed by atoms with Crippen LogP contribution in [0.2, 0.25) is 0 Å². The van der Waals surface area contributed by atoms with Gasteiger partial charge in [0.05, 0.1) is 11.0 Å². The molecule has 0 radical (unpaired) electrons. The smallest absolute Gasteiger partial charge is 0.260 e. The summed E-state index contributed by atoms with van der Waals surface area (Å²) in [6, 6.07) is 6.28. The van der Waals surface area contributed by atoms with E-state index in [-0.39, 0.29) is 23.7 Å². The number of carbonyl (C=O) groups is 1. The Morgan fingerprint density at radius 1 is 1.07 bits per heavy atom. The monoisotopic (exact) mass is 589 g/mol. The van der Waals surface area contributed by atoms with Gasteiger partial charge >= 0.3 is 0 Å². The highest BCUT2D eigenvalue weighted by atomic mass is 35.5. The van der Waals surface area contributed by atoms with Crippen molar-refractivity contribution in [3.05, 3.63) is 64.8 Å². The molecule has 1 aliphatic heterocycles. The number of anilines is 1. The van der Waals surface area contributed by atoms with E-state index in [1.165, 1.54) is 12.8 Å². The average Bonchev–Trinajstić information content (AvgIpc) is 3.60. The van der Waals surface area contributed by atoms with Crippen molar-refractivity contribution < 1.29 is 4.79 Å². The number of likely N-dealkylation sites (tertiary alicyclic amines) is 1. The number of nitrogens with zero attached hydrogens (tertiary/aromatic N) is 8. The van der Waals surface area contributed by atoms with E-state index in [9.17, 15) is 4.79 Å². The lowest BCUT2D eigenvalue weighted by Gasteiger charge is -2.46. The number of rotatable bonds is 7. The van der Waals surface area contributed by atoms with Crippen LogP contribution < -0.4 is 5.32 Å². The lowest BCUT2D eigenvalue weighted by molar-refractivity contribution is 0.102. The first-order valence-corrected chi connectivity index (χ1v) is 15.0. The summed E-state index contributed by atoms with van der Waals surface area (Å²) in [5.41, 5.74) is 4.17. The van der Waals surface area contributed by atoms with Gasteiger partial charge in [-0.25, -0.2) is 4.98 Å². The van der Waals surface area contributed by atoms with Crippen LogP contribution in [0.3, 0.4) is 0 Å². The van der Waals surface area contributed by atoms with Crippen molar-refractivity contribution in [3.63, 3.8) is 0 Å². The molecule has 4 aromatic rings. The number of pyridine rings is 2. The molecule has 0 bridgehead atoms. The van der Waals surface area contributed by atoms with E-state index >= 15 is 0 Å². The Bertz CT molecular complexity index is 1620. The molecule has 11 heteroatoms. The average molecular weight is 590 g/mol. The number of piperidine rings is 1. The molecule has 1 amide bonds. The zero-order chi connectivity index (χ0) is 28.3. The highest BCUT2D eigenvalue weighted by Gasteiger charge is 2.48. The fourth-order valence-electron chi connectivity index (χ4n) is 7.16. The first-order valence-electron chi connectivity index (χ1n) is 15.0. The molecule has 5 heterocycles. The summed E-state index contributed by atoms with van der Waals surface area (Å²) in [5, 5.41) is 20.5. The molecule has 0 spiro atoms. The third-order valence-corrected chi connectivity index (χ3v) is 9.29. The van der Waals surface area contributed by atoms with Crippen molar-refractivity contribution in [3.8, 4) is 0 Å². The van der Waals surface area contributed by atoms with E-state index in [1.54, 1.807) is 6.33 Å². The van der Waals surface area contributed by atoms with Crippen LogP contribution in [0.5, 0.6) is 0 Å². The molecule has 2 aliphatic carbocycles. The molecule has 0 aromatic carbocycles. The van der Waals surface area contributed by atoms with Gasteiger partial charge < -0.3 is 9.88 Å². The third kappa shape index (κ3) is 5.19.